The smallest absolute Gasteiger partial charge is 0.358 e. The van der Waals surface area contributed by atoms with Crippen LogP contribution in [-0.2, 0) is 29.1 Å². The molecule has 0 bridgehead atoms. The highest BCUT2D eigenvalue weighted by atomic mass is 32.2. The third-order valence-electron chi connectivity index (χ3n) is 4.28. The van der Waals surface area contributed by atoms with Crippen LogP contribution in [-0.4, -0.2) is 40.6 Å². The van der Waals surface area contributed by atoms with Gasteiger partial charge in [-0.3, -0.25) is 9.48 Å². The first kappa shape index (κ1) is 21.1. The largest absolute Gasteiger partial charge is 0.363 e. The maximum absolute atomic E-state index is 12.5. The predicted octanol–water partition coefficient (Wildman–Crippen LogP) is 1.67. The van der Waals surface area contributed by atoms with Crippen LogP contribution in [0, 0.1) is 10.1 Å². The highest BCUT2D eigenvalue weighted by Crippen LogP contribution is 2.16. The standard InChI is InChI=1S/C19H19N5O5S/c1-23-11-9-16(22-23)13-30(28,29)17-5-3-15(4-6-17)19(25)20-10-8-14-2-7-18(21-12-14)24(26)27/h2-7,9,11-12H,8,10,13H2,1H3,(H,20,25). The minimum absolute atomic E-state index is 0.113. The molecule has 0 spiro atoms. The molecule has 0 saturated heterocycles. The van der Waals surface area contributed by atoms with E-state index in [1.807, 2.05) is 0 Å². The maximum Gasteiger partial charge on any atom is 0.363 e. The Labute approximate surface area is 172 Å². The molecular weight excluding hydrogens is 410 g/mol. The second kappa shape index (κ2) is 8.82. The normalized spacial score (nSPS) is 11.2. The molecule has 0 atom stereocenters. The number of carbonyl (C=O) groups excluding carboxylic acids is 1. The van der Waals surface area contributed by atoms with E-state index in [1.165, 1.54) is 41.2 Å². The van der Waals surface area contributed by atoms with Gasteiger partial charge in [0.2, 0.25) is 0 Å². The van der Waals surface area contributed by atoms with Crippen molar-refractivity contribution in [3.05, 3.63) is 81.8 Å². The Morgan fingerprint density at radius 3 is 2.47 bits per heavy atom. The van der Waals surface area contributed by atoms with Crippen molar-refractivity contribution in [1.29, 1.82) is 0 Å². The number of hydrogen-bond acceptors (Lipinski definition) is 7. The third-order valence-corrected chi connectivity index (χ3v) is 5.94. The molecular formula is C19H19N5O5S. The van der Waals surface area contributed by atoms with Gasteiger partial charge in [-0.25, -0.2) is 8.42 Å². The van der Waals surface area contributed by atoms with Crippen LogP contribution in [0.1, 0.15) is 21.6 Å². The summed E-state index contributed by atoms with van der Waals surface area (Å²) >= 11 is 0. The van der Waals surface area contributed by atoms with Gasteiger partial charge in [0.05, 0.1) is 16.3 Å². The van der Waals surface area contributed by atoms with Crippen LogP contribution in [0.5, 0.6) is 0 Å². The lowest BCUT2D eigenvalue weighted by atomic mass is 10.2. The van der Waals surface area contributed by atoms with Crippen LogP contribution in [0.25, 0.3) is 0 Å². The van der Waals surface area contributed by atoms with Crippen LogP contribution in [0.2, 0.25) is 0 Å². The van der Waals surface area contributed by atoms with Crippen molar-refractivity contribution in [2.45, 2.75) is 17.1 Å². The molecule has 10 nitrogen and oxygen atoms in total. The van der Waals surface area contributed by atoms with E-state index >= 15 is 0 Å². The molecule has 0 aliphatic rings. The molecule has 0 radical (unpaired) electrons. The Morgan fingerprint density at radius 1 is 1.17 bits per heavy atom. The Morgan fingerprint density at radius 2 is 1.90 bits per heavy atom. The van der Waals surface area contributed by atoms with Gasteiger partial charge < -0.3 is 15.4 Å². The van der Waals surface area contributed by atoms with Crippen LogP contribution in [0.3, 0.4) is 0 Å². The lowest BCUT2D eigenvalue weighted by Crippen LogP contribution is -2.25. The SMILES string of the molecule is Cn1ccc(CS(=O)(=O)c2ccc(C(=O)NCCc3ccc([N+](=O)[O-])nc3)cc2)n1. The summed E-state index contributed by atoms with van der Waals surface area (Å²) in [6.07, 6.45) is 3.52. The van der Waals surface area contributed by atoms with E-state index in [9.17, 15) is 23.3 Å². The van der Waals surface area contributed by atoms with Gasteiger partial charge >= 0.3 is 5.82 Å². The molecule has 1 N–H and O–H groups in total. The van der Waals surface area contributed by atoms with E-state index < -0.39 is 14.8 Å². The average molecular weight is 429 g/mol. The summed E-state index contributed by atoms with van der Waals surface area (Å²) in [6.45, 7) is 0.304. The van der Waals surface area contributed by atoms with Crippen LogP contribution < -0.4 is 5.32 Å². The van der Waals surface area contributed by atoms with Gasteiger partial charge in [-0.05, 0) is 58.3 Å². The molecule has 1 amide bonds. The number of carbonyl (C=O) groups is 1. The van der Waals surface area contributed by atoms with Crippen molar-refractivity contribution in [2.75, 3.05) is 6.54 Å². The van der Waals surface area contributed by atoms with Gasteiger partial charge in [0, 0.05) is 31.4 Å². The summed E-state index contributed by atoms with van der Waals surface area (Å²) in [5, 5.41) is 17.4. The number of amides is 1. The van der Waals surface area contributed by atoms with Crippen LogP contribution in [0.15, 0.2) is 59.8 Å². The summed E-state index contributed by atoms with van der Waals surface area (Å²) in [7, 11) is -1.86. The summed E-state index contributed by atoms with van der Waals surface area (Å²) in [5.74, 6) is -0.803. The summed E-state index contributed by atoms with van der Waals surface area (Å²) < 4.78 is 26.5. The number of sulfone groups is 1. The molecule has 156 valence electrons. The fourth-order valence-corrected chi connectivity index (χ4v) is 3.99. The first-order valence-electron chi connectivity index (χ1n) is 8.93. The third kappa shape index (κ3) is 5.26. The summed E-state index contributed by atoms with van der Waals surface area (Å²) in [4.78, 5) is 26.1. The second-order valence-electron chi connectivity index (χ2n) is 6.55. The van der Waals surface area contributed by atoms with E-state index in [-0.39, 0.29) is 22.4 Å². The van der Waals surface area contributed by atoms with Crippen molar-refractivity contribution in [3.63, 3.8) is 0 Å². The molecule has 0 unspecified atom stereocenters. The Kier molecular flexibility index (Phi) is 6.21. The quantitative estimate of drug-likeness (QED) is 0.425. The number of benzene rings is 1. The van der Waals surface area contributed by atoms with Gasteiger partial charge in [-0.1, -0.05) is 0 Å². The van der Waals surface area contributed by atoms with Crippen molar-refractivity contribution in [2.24, 2.45) is 7.05 Å². The number of nitrogens with one attached hydrogen (secondary N) is 1. The van der Waals surface area contributed by atoms with Crippen molar-refractivity contribution in [1.82, 2.24) is 20.1 Å². The molecule has 11 heteroatoms. The first-order valence-corrected chi connectivity index (χ1v) is 10.6. The molecule has 0 saturated carbocycles. The summed E-state index contributed by atoms with van der Waals surface area (Å²) in [5.41, 5.74) is 1.52. The molecule has 3 rings (SSSR count). The van der Waals surface area contributed by atoms with E-state index in [0.29, 0.717) is 24.2 Å². The first-order chi connectivity index (χ1) is 14.2. The van der Waals surface area contributed by atoms with Gasteiger partial charge in [0.1, 0.15) is 6.20 Å². The molecule has 0 fully saturated rings. The second-order valence-corrected chi connectivity index (χ2v) is 8.54. The molecule has 30 heavy (non-hydrogen) atoms. The molecule has 0 aliphatic carbocycles. The monoisotopic (exact) mass is 429 g/mol. The zero-order valence-corrected chi connectivity index (χ0v) is 16.9. The van der Waals surface area contributed by atoms with Gasteiger partial charge in [-0.2, -0.15) is 5.10 Å². The van der Waals surface area contributed by atoms with Gasteiger partial charge in [0.25, 0.3) is 5.91 Å². The van der Waals surface area contributed by atoms with Crippen molar-refractivity contribution in [3.8, 4) is 0 Å². The number of pyridine rings is 1. The number of aromatic nitrogens is 3. The number of rotatable bonds is 8. The van der Waals surface area contributed by atoms with Crippen molar-refractivity contribution < 1.29 is 18.1 Å². The molecule has 1 aromatic carbocycles. The van der Waals surface area contributed by atoms with E-state index in [1.54, 1.807) is 25.4 Å². The zero-order valence-electron chi connectivity index (χ0n) is 16.1. The van der Waals surface area contributed by atoms with E-state index in [4.69, 9.17) is 0 Å². The number of aryl methyl sites for hydroxylation is 1. The number of nitrogens with zero attached hydrogens (tertiary/aromatic N) is 4. The highest BCUT2D eigenvalue weighted by Gasteiger charge is 2.17. The molecule has 2 aromatic heterocycles. The fraction of sp³-hybridized carbons (Fsp3) is 0.211. The Bertz CT molecular complexity index is 1150. The molecule has 0 aliphatic heterocycles. The van der Waals surface area contributed by atoms with Crippen LogP contribution >= 0.6 is 0 Å². The van der Waals surface area contributed by atoms with Crippen LogP contribution in [0.4, 0.5) is 5.82 Å². The minimum Gasteiger partial charge on any atom is -0.358 e. The molecule has 3 aromatic rings. The van der Waals surface area contributed by atoms with Gasteiger partial charge in [-0.15, -0.1) is 0 Å². The Hall–Kier alpha value is -3.60. The lowest BCUT2D eigenvalue weighted by Gasteiger charge is -2.07. The van der Waals surface area contributed by atoms with Gasteiger partial charge in [0.15, 0.2) is 9.84 Å². The minimum atomic E-state index is -3.57. The van der Waals surface area contributed by atoms with Crippen molar-refractivity contribution >= 4 is 21.6 Å². The van der Waals surface area contributed by atoms with E-state index in [0.717, 1.165) is 5.56 Å². The van der Waals surface area contributed by atoms with E-state index in [2.05, 4.69) is 15.4 Å². The topological polar surface area (TPSA) is 137 Å². The number of hydrogen-bond donors (Lipinski definition) is 1. The maximum atomic E-state index is 12.5. The number of nitro groups is 1. The Balaban J connectivity index is 1.56. The highest BCUT2D eigenvalue weighted by molar-refractivity contribution is 7.90. The average Bonchev–Trinajstić information content (AvgIpc) is 3.12. The fourth-order valence-electron chi connectivity index (χ4n) is 2.73. The molecule has 2 heterocycles. The predicted molar refractivity (Wildman–Crippen MR) is 107 cm³/mol. The lowest BCUT2D eigenvalue weighted by molar-refractivity contribution is -0.389. The zero-order chi connectivity index (χ0) is 21.7. The summed E-state index contributed by atoms with van der Waals surface area (Å²) in [6, 6.07) is 10.2.